The van der Waals surface area contributed by atoms with Crippen molar-refractivity contribution in [3.8, 4) is 0 Å². The third-order valence-corrected chi connectivity index (χ3v) is 3.75. The number of halogens is 1. The molecule has 7 nitrogen and oxygen atoms in total. The molecular weight excluding hydrogens is 332 g/mol. The van der Waals surface area contributed by atoms with Crippen LogP contribution in [0.3, 0.4) is 0 Å². The molecule has 3 N–H and O–H groups in total. The molecule has 1 saturated heterocycles. The molecule has 2 rings (SSSR count). The van der Waals surface area contributed by atoms with E-state index in [1.54, 1.807) is 6.07 Å². The number of amides is 1. The molecule has 8 heteroatoms. The summed E-state index contributed by atoms with van der Waals surface area (Å²) in [6, 6.07) is 2.02. The minimum atomic E-state index is -0.706. The number of hydrogen-bond donors (Lipinski definition) is 3. The number of carbonyl (C=O) groups excluding carboxylic acids is 1. The van der Waals surface area contributed by atoms with Crippen LogP contribution in [-0.4, -0.2) is 59.7 Å². The number of ether oxygens (including phenoxy) is 1. The van der Waals surface area contributed by atoms with Crippen LogP contribution in [0.2, 0.25) is 0 Å². The third kappa shape index (κ3) is 6.76. The average molecular weight is 361 g/mol. The van der Waals surface area contributed by atoms with Gasteiger partial charge in [-0.05, 0) is 31.4 Å². The van der Waals surface area contributed by atoms with E-state index in [9.17, 15) is 9.90 Å². The van der Waals surface area contributed by atoms with Gasteiger partial charge in [-0.25, -0.2) is 0 Å². The first kappa shape index (κ1) is 20.9. The summed E-state index contributed by atoms with van der Waals surface area (Å²) in [6.45, 7) is 7.01. The number of nitrogens with one attached hydrogen (secondary N) is 2. The molecule has 1 amide bonds. The number of aromatic nitrogens is 2. The Morgan fingerprint density at radius 1 is 1.54 bits per heavy atom. The highest BCUT2D eigenvalue weighted by Crippen LogP contribution is 2.15. The van der Waals surface area contributed by atoms with Gasteiger partial charge < -0.3 is 20.5 Å². The lowest BCUT2D eigenvalue weighted by Crippen LogP contribution is -2.35. The summed E-state index contributed by atoms with van der Waals surface area (Å²) >= 11 is 0. The summed E-state index contributed by atoms with van der Waals surface area (Å²) in [5.41, 5.74) is 0.380. The Morgan fingerprint density at radius 2 is 2.33 bits per heavy atom. The maximum Gasteiger partial charge on any atom is 0.271 e. The van der Waals surface area contributed by atoms with Gasteiger partial charge in [0.2, 0.25) is 0 Å². The molecule has 0 radical (unpaired) electrons. The van der Waals surface area contributed by atoms with Gasteiger partial charge in [0.15, 0.2) is 0 Å². The van der Waals surface area contributed by atoms with E-state index in [0.29, 0.717) is 24.3 Å². The van der Waals surface area contributed by atoms with Crippen molar-refractivity contribution in [3.05, 3.63) is 18.0 Å². The van der Waals surface area contributed by atoms with Crippen molar-refractivity contribution in [1.29, 1.82) is 0 Å². The van der Waals surface area contributed by atoms with Crippen molar-refractivity contribution in [2.24, 2.45) is 5.92 Å². The Kier molecular flexibility index (Phi) is 9.28. The number of aliphatic hydroxyl groups is 1. The zero-order valence-electron chi connectivity index (χ0n) is 14.4. The van der Waals surface area contributed by atoms with Gasteiger partial charge in [0.25, 0.3) is 5.91 Å². The number of rotatable bonds is 8. The van der Waals surface area contributed by atoms with E-state index in [4.69, 9.17) is 4.74 Å². The quantitative estimate of drug-likeness (QED) is 0.643. The molecule has 0 spiro atoms. The van der Waals surface area contributed by atoms with Crippen molar-refractivity contribution >= 4 is 18.3 Å². The molecule has 0 aliphatic carbocycles. The van der Waals surface area contributed by atoms with Crippen LogP contribution < -0.4 is 10.6 Å². The van der Waals surface area contributed by atoms with Gasteiger partial charge >= 0.3 is 0 Å². The van der Waals surface area contributed by atoms with E-state index in [1.165, 1.54) is 0 Å². The number of piperidine rings is 1. The minimum absolute atomic E-state index is 0. The Morgan fingerprint density at radius 3 is 3.00 bits per heavy atom. The highest BCUT2D eigenvalue weighted by atomic mass is 35.5. The first-order valence-corrected chi connectivity index (χ1v) is 8.36. The average Bonchev–Trinajstić information content (AvgIpc) is 3.03. The first-order valence-electron chi connectivity index (χ1n) is 8.36. The maximum atomic E-state index is 12.1. The molecule has 1 aromatic heterocycles. The van der Waals surface area contributed by atoms with E-state index < -0.39 is 6.10 Å². The highest BCUT2D eigenvalue weighted by Gasteiger charge is 2.18. The van der Waals surface area contributed by atoms with E-state index in [2.05, 4.69) is 15.7 Å². The molecule has 1 aliphatic heterocycles. The van der Waals surface area contributed by atoms with Crippen molar-refractivity contribution in [2.75, 3.05) is 32.8 Å². The summed E-state index contributed by atoms with van der Waals surface area (Å²) in [5, 5.41) is 20.2. The van der Waals surface area contributed by atoms with Gasteiger partial charge in [-0.3, -0.25) is 9.48 Å². The lowest BCUT2D eigenvalue weighted by molar-refractivity contribution is 0.0259. The molecule has 2 atom stereocenters. The predicted molar refractivity (Wildman–Crippen MR) is 94.6 cm³/mol. The maximum absolute atomic E-state index is 12.1. The summed E-state index contributed by atoms with van der Waals surface area (Å²) in [4.78, 5) is 12.1. The second-order valence-corrected chi connectivity index (χ2v) is 6.48. The Hall–Kier alpha value is -1.15. The second-order valence-electron chi connectivity index (χ2n) is 6.48. The van der Waals surface area contributed by atoms with Crippen LogP contribution in [0.1, 0.15) is 43.2 Å². The summed E-state index contributed by atoms with van der Waals surface area (Å²) in [5.74, 6) is 0.158. The fourth-order valence-corrected chi connectivity index (χ4v) is 2.52. The molecule has 138 valence electrons. The molecule has 1 fully saturated rings. The lowest BCUT2D eigenvalue weighted by atomic mass is 10.1. The van der Waals surface area contributed by atoms with Gasteiger partial charge in [-0.1, -0.05) is 13.8 Å². The third-order valence-electron chi connectivity index (χ3n) is 3.75. The Bertz CT molecular complexity index is 489. The van der Waals surface area contributed by atoms with Gasteiger partial charge in [-0.15, -0.1) is 12.4 Å². The zero-order chi connectivity index (χ0) is 16.7. The van der Waals surface area contributed by atoms with Crippen LogP contribution in [0, 0.1) is 5.92 Å². The van der Waals surface area contributed by atoms with Crippen LogP contribution in [0.5, 0.6) is 0 Å². The zero-order valence-corrected chi connectivity index (χ0v) is 15.2. The molecule has 0 saturated carbocycles. The number of hydrogen-bond acceptors (Lipinski definition) is 5. The van der Waals surface area contributed by atoms with Crippen molar-refractivity contribution in [2.45, 2.75) is 38.8 Å². The normalized spacial score (nSPS) is 18.9. The first-order chi connectivity index (χ1) is 11.1. The standard InChI is InChI=1S/C16H28N4O3.ClH/c1-12(2)10-23-11-14(21)9-18-16(22)15-5-7-20(19-15)13-4-3-6-17-8-13;/h5,7,12-14,17,21H,3-4,6,8-11H2,1-2H3,(H,18,22);1H. The number of nitrogens with zero attached hydrogens (tertiary/aromatic N) is 2. The smallest absolute Gasteiger partial charge is 0.271 e. The molecule has 24 heavy (non-hydrogen) atoms. The largest absolute Gasteiger partial charge is 0.389 e. The molecular formula is C16H29ClN4O3. The Labute approximate surface area is 149 Å². The van der Waals surface area contributed by atoms with E-state index in [0.717, 1.165) is 25.9 Å². The second kappa shape index (κ2) is 10.7. The van der Waals surface area contributed by atoms with Crippen LogP contribution in [-0.2, 0) is 4.74 Å². The van der Waals surface area contributed by atoms with Crippen molar-refractivity contribution in [1.82, 2.24) is 20.4 Å². The van der Waals surface area contributed by atoms with Crippen LogP contribution in [0.15, 0.2) is 12.3 Å². The lowest BCUT2D eigenvalue weighted by Gasteiger charge is -2.22. The van der Waals surface area contributed by atoms with Gasteiger partial charge in [0, 0.05) is 25.9 Å². The summed E-state index contributed by atoms with van der Waals surface area (Å²) in [7, 11) is 0. The highest BCUT2D eigenvalue weighted by molar-refractivity contribution is 5.92. The molecule has 0 aromatic carbocycles. The van der Waals surface area contributed by atoms with Gasteiger partial charge in [0.1, 0.15) is 5.69 Å². The number of aliphatic hydroxyl groups excluding tert-OH is 1. The SMILES string of the molecule is CC(C)COCC(O)CNC(=O)c1ccn(C2CCCNC2)n1.Cl. The molecule has 1 aromatic rings. The minimum Gasteiger partial charge on any atom is -0.389 e. The Balaban J connectivity index is 0.00000288. The molecule has 2 unspecified atom stereocenters. The van der Waals surface area contributed by atoms with Gasteiger partial charge in [-0.2, -0.15) is 5.10 Å². The molecule has 0 bridgehead atoms. The topological polar surface area (TPSA) is 88.4 Å². The molecule has 1 aliphatic rings. The molecule has 2 heterocycles. The fraction of sp³-hybridized carbons (Fsp3) is 0.750. The fourth-order valence-electron chi connectivity index (χ4n) is 2.52. The summed E-state index contributed by atoms with van der Waals surface area (Å²) in [6.07, 6.45) is 3.33. The van der Waals surface area contributed by atoms with Crippen LogP contribution >= 0.6 is 12.4 Å². The van der Waals surface area contributed by atoms with Crippen LogP contribution in [0.4, 0.5) is 0 Å². The summed E-state index contributed by atoms with van der Waals surface area (Å²) < 4.78 is 7.20. The van der Waals surface area contributed by atoms with Crippen LogP contribution in [0.25, 0.3) is 0 Å². The number of carbonyl (C=O) groups is 1. The van der Waals surface area contributed by atoms with Gasteiger partial charge in [0.05, 0.1) is 18.8 Å². The predicted octanol–water partition coefficient (Wildman–Crippen LogP) is 0.993. The van der Waals surface area contributed by atoms with Crippen molar-refractivity contribution < 1.29 is 14.6 Å². The monoisotopic (exact) mass is 360 g/mol. The van der Waals surface area contributed by atoms with Crippen molar-refractivity contribution in [3.63, 3.8) is 0 Å². The van der Waals surface area contributed by atoms with E-state index in [-0.39, 0.29) is 31.5 Å². The van der Waals surface area contributed by atoms with E-state index in [1.807, 2.05) is 24.7 Å². The van der Waals surface area contributed by atoms with E-state index >= 15 is 0 Å².